The lowest BCUT2D eigenvalue weighted by Crippen LogP contribution is -2.23. The van der Waals surface area contributed by atoms with E-state index >= 15 is 0 Å². The molecule has 3 rings (SSSR count). The second-order valence-corrected chi connectivity index (χ2v) is 14.6. The number of carbonyl (C=O) groups is 1. The van der Waals surface area contributed by atoms with Gasteiger partial charge in [0.15, 0.2) is 0 Å². The number of carbonyl (C=O) groups excluding carboxylic acids is 1. The quantitative estimate of drug-likeness (QED) is 0.0957. The smallest absolute Gasteiger partial charge is 0.343 e. The van der Waals surface area contributed by atoms with Gasteiger partial charge >= 0.3 is 6.04 Å². The number of ether oxygens (including phenoxy) is 2. The molecule has 45 heavy (non-hydrogen) atoms. The topological polar surface area (TPSA) is 59.3 Å². The van der Waals surface area contributed by atoms with E-state index in [1.54, 1.807) is 23.5 Å². The van der Waals surface area contributed by atoms with Crippen LogP contribution in [0.5, 0.6) is 11.5 Å². The molecule has 3 radical (unpaired) electrons. The van der Waals surface area contributed by atoms with Gasteiger partial charge < -0.3 is 9.47 Å². The molecule has 2 aromatic heterocycles. The van der Waals surface area contributed by atoms with Crippen molar-refractivity contribution < 1.29 is 18.7 Å². The molecule has 3 aromatic rings. The van der Waals surface area contributed by atoms with E-state index in [-0.39, 0.29) is 28.1 Å². The number of rotatable bonds is 15. The van der Waals surface area contributed by atoms with Crippen molar-refractivity contribution in [3.05, 3.63) is 42.8 Å². The summed E-state index contributed by atoms with van der Waals surface area (Å²) in [5, 5.41) is 11.3. The summed E-state index contributed by atoms with van der Waals surface area (Å²) >= 11 is 12.3. The van der Waals surface area contributed by atoms with Gasteiger partial charge in [-0.2, -0.15) is 9.65 Å². The maximum absolute atomic E-state index is 14.0. The van der Waals surface area contributed by atoms with Crippen molar-refractivity contribution in [3.8, 4) is 17.6 Å². The Balaban J connectivity index is 2.36. The van der Waals surface area contributed by atoms with Gasteiger partial charge in [-0.15, -0.1) is 47.9 Å². The van der Waals surface area contributed by atoms with Crippen LogP contribution in [0.15, 0.2) is 17.0 Å². The predicted octanol–water partition coefficient (Wildman–Crippen LogP) is 8.87. The molecule has 237 valence electrons. The molecule has 2 heterocycles. The van der Waals surface area contributed by atoms with E-state index < -0.39 is 6.04 Å². The van der Waals surface area contributed by atoms with Crippen molar-refractivity contribution in [2.45, 2.75) is 84.2 Å². The number of thiol groups is 2. The minimum absolute atomic E-state index is 0.00335. The molecule has 0 aliphatic heterocycles. The van der Waals surface area contributed by atoms with E-state index in [2.05, 4.69) is 53.7 Å². The Kier molecular flexibility index (Phi) is 14.2. The Hall–Kier alpha value is -2.12. The molecule has 0 bridgehead atoms. The van der Waals surface area contributed by atoms with Gasteiger partial charge in [-0.25, -0.2) is 0 Å². The summed E-state index contributed by atoms with van der Waals surface area (Å²) in [6.07, 6.45) is 7.72. The minimum Gasteiger partial charge on any atom is -0.492 e. The second kappa shape index (κ2) is 17.2. The van der Waals surface area contributed by atoms with Gasteiger partial charge in [0.2, 0.25) is 0 Å². The largest absolute Gasteiger partial charge is 0.492 e. The number of nitrogens with zero attached hydrogens (tertiary/aromatic N) is 1. The highest BCUT2D eigenvalue weighted by atomic mass is 32.1. The maximum atomic E-state index is 14.0. The Labute approximate surface area is 288 Å². The van der Waals surface area contributed by atoms with Crippen LogP contribution in [0.1, 0.15) is 86.0 Å². The molecule has 2 atom stereocenters. The number of benzene rings is 1. The molecule has 0 saturated heterocycles. The van der Waals surface area contributed by atoms with Crippen molar-refractivity contribution >= 4 is 96.2 Å². The average molecular weight is 681 g/mol. The van der Waals surface area contributed by atoms with Crippen LogP contribution < -0.4 is 19.2 Å². The predicted molar refractivity (Wildman–Crippen MR) is 199 cm³/mol. The third-order valence-electron chi connectivity index (χ3n) is 7.84. The summed E-state index contributed by atoms with van der Waals surface area (Å²) in [6, 6.07) is 2.56. The van der Waals surface area contributed by atoms with Gasteiger partial charge in [-0.05, 0) is 35.7 Å². The molecule has 0 amide bonds. The number of halogens is 1. The normalized spacial score (nSPS) is 14.3. The Morgan fingerprint density at radius 3 is 2.38 bits per heavy atom. The number of allylic oxidation sites excluding steroid dienone is 1. The van der Waals surface area contributed by atoms with E-state index in [1.807, 2.05) is 32.8 Å². The molecular weight excluding hydrogens is 639 g/mol. The number of nitriles is 1. The van der Waals surface area contributed by atoms with Crippen LogP contribution in [0, 0.1) is 23.2 Å². The van der Waals surface area contributed by atoms with Crippen molar-refractivity contribution in [2.75, 3.05) is 13.2 Å². The molecule has 0 aliphatic rings. The van der Waals surface area contributed by atoms with E-state index in [9.17, 15) is 14.4 Å². The van der Waals surface area contributed by atoms with Gasteiger partial charge in [-0.3, -0.25) is 4.79 Å². The molecule has 4 nitrogen and oxygen atoms in total. The number of fused-ring (bicyclic) bond motifs is 1. The standard InChI is InChI=1S/C34H41B2FNO3S4/c1-8-20(14-35)16-40-28-23(12-10-11-22-25(15-38)33(34(37)39)45-32(22)29(42)19(5)6)30(43)27(41-17-21(9-2)36-7)24-13-26(18(3)4)44-31(24)28/h10-13,18-21,42-43H,8-9,14,16-17H2,1-7H3/b12-10+,22-11+,32-29+. The molecule has 0 saturated carbocycles. The monoisotopic (exact) mass is 680 g/mol. The van der Waals surface area contributed by atoms with Gasteiger partial charge in [-0.1, -0.05) is 79.7 Å². The lowest BCUT2D eigenvalue weighted by atomic mass is 9.66. The van der Waals surface area contributed by atoms with Gasteiger partial charge in [0.05, 0.1) is 36.2 Å². The molecule has 0 aliphatic carbocycles. The third-order valence-corrected chi connectivity index (χ3v) is 11.8. The van der Waals surface area contributed by atoms with Crippen molar-refractivity contribution in [2.24, 2.45) is 11.8 Å². The summed E-state index contributed by atoms with van der Waals surface area (Å²) in [6.45, 7) is 15.5. The highest BCUT2D eigenvalue weighted by molar-refractivity contribution is 7.90. The highest BCUT2D eigenvalue weighted by Gasteiger charge is 2.24. The zero-order chi connectivity index (χ0) is 33.4. The summed E-state index contributed by atoms with van der Waals surface area (Å²) in [5.41, 5.74) is 0.724. The molecular formula is C34H41B2FNO3S4. The molecule has 2 unspecified atom stereocenters. The van der Waals surface area contributed by atoms with Crippen LogP contribution in [0.25, 0.3) is 27.1 Å². The molecule has 0 spiro atoms. The van der Waals surface area contributed by atoms with E-state index in [0.717, 1.165) is 39.8 Å². The van der Waals surface area contributed by atoms with Crippen LogP contribution in [-0.2, 0) is 0 Å². The Morgan fingerprint density at radius 2 is 1.84 bits per heavy atom. The summed E-state index contributed by atoms with van der Waals surface area (Å²) < 4.78 is 28.6. The van der Waals surface area contributed by atoms with Crippen LogP contribution in [-0.4, -0.2) is 34.4 Å². The van der Waals surface area contributed by atoms with Crippen molar-refractivity contribution in [3.63, 3.8) is 0 Å². The first-order valence-electron chi connectivity index (χ1n) is 15.3. The highest BCUT2D eigenvalue weighted by Crippen LogP contribution is 2.49. The number of hydrogen-bond acceptors (Lipinski definition) is 8. The SMILES string of the molecule is [B]CC(CC)COc1c(/C=C/C=c2\c(C#N)c(C(=O)F)s\c2=C(\S)C(C)C)c(S)c(OCC([B]C)CC)c2cc(C(C)C)sc12. The van der Waals surface area contributed by atoms with E-state index in [4.69, 9.17) is 29.9 Å². The zero-order valence-corrected chi connectivity index (χ0v) is 30.5. The van der Waals surface area contributed by atoms with E-state index in [0.29, 0.717) is 56.5 Å². The molecule has 0 N–H and O–H groups in total. The minimum atomic E-state index is -1.63. The fourth-order valence-corrected chi connectivity index (χ4v) is 7.65. The first-order valence-corrected chi connectivity index (χ1v) is 17.9. The molecule has 1 aromatic carbocycles. The first-order chi connectivity index (χ1) is 21.4. The van der Waals surface area contributed by atoms with Gasteiger partial charge in [0.25, 0.3) is 0 Å². The number of thiophene rings is 2. The fourth-order valence-electron chi connectivity index (χ4n) is 4.69. The fraction of sp³-hybridized carbons (Fsp3) is 0.471. The van der Waals surface area contributed by atoms with Crippen LogP contribution in [0.2, 0.25) is 19.0 Å². The van der Waals surface area contributed by atoms with Crippen molar-refractivity contribution in [1.82, 2.24) is 0 Å². The van der Waals surface area contributed by atoms with E-state index in [1.165, 1.54) is 4.88 Å². The Bertz CT molecular complexity index is 1700. The second-order valence-electron chi connectivity index (χ2n) is 11.6. The van der Waals surface area contributed by atoms with Crippen LogP contribution in [0.3, 0.4) is 0 Å². The molecule has 0 fully saturated rings. The summed E-state index contributed by atoms with van der Waals surface area (Å²) in [4.78, 5) is 14.1. The third kappa shape index (κ3) is 8.62. The van der Waals surface area contributed by atoms with Crippen molar-refractivity contribution in [1.29, 1.82) is 5.26 Å². The van der Waals surface area contributed by atoms with Gasteiger partial charge in [0, 0.05) is 30.5 Å². The van der Waals surface area contributed by atoms with Crippen LogP contribution >= 0.6 is 47.9 Å². The average Bonchev–Trinajstić information content (AvgIpc) is 3.62. The van der Waals surface area contributed by atoms with Gasteiger partial charge in [0.1, 0.15) is 29.7 Å². The first kappa shape index (κ1) is 37.3. The maximum Gasteiger partial charge on any atom is 0.343 e. The zero-order valence-electron chi connectivity index (χ0n) is 27.1. The lowest BCUT2D eigenvalue weighted by molar-refractivity contribution is 0.0840. The summed E-state index contributed by atoms with van der Waals surface area (Å²) in [7, 11) is 8.18. The number of hydrogen-bond donors (Lipinski definition) is 2. The Morgan fingerprint density at radius 1 is 1.16 bits per heavy atom. The lowest BCUT2D eigenvalue weighted by Gasteiger charge is -2.21. The van der Waals surface area contributed by atoms with Crippen LogP contribution in [0.4, 0.5) is 4.39 Å². The molecule has 11 heteroatoms. The summed E-state index contributed by atoms with van der Waals surface area (Å²) in [5.74, 6) is 2.18.